The summed E-state index contributed by atoms with van der Waals surface area (Å²) in [5, 5.41) is 9.00. The summed E-state index contributed by atoms with van der Waals surface area (Å²) in [6, 6.07) is 1.78. The number of rotatable bonds is 5. The Hall–Kier alpha value is -1.40. The number of hydrogen-bond acceptors (Lipinski definition) is 4. The van der Waals surface area contributed by atoms with E-state index in [1.807, 2.05) is 6.92 Å². The maximum Gasteiger partial charge on any atom is 0.345 e. The van der Waals surface area contributed by atoms with Crippen LogP contribution in [-0.4, -0.2) is 35.0 Å². The Balaban J connectivity index is 1.89. The second kappa shape index (κ2) is 6.37. The quantitative estimate of drug-likeness (QED) is 0.868. The summed E-state index contributed by atoms with van der Waals surface area (Å²) in [6.07, 6.45) is 2.45. The van der Waals surface area contributed by atoms with E-state index >= 15 is 0 Å². The zero-order chi connectivity index (χ0) is 14.7. The summed E-state index contributed by atoms with van der Waals surface area (Å²) in [5.41, 5.74) is 6.32. The van der Waals surface area contributed by atoms with Crippen LogP contribution in [0.4, 0.5) is 0 Å². The van der Waals surface area contributed by atoms with Crippen LogP contribution >= 0.6 is 11.3 Å². The molecule has 110 valence electrons. The topological polar surface area (TPSA) is 83.6 Å². The number of thiophene rings is 1. The summed E-state index contributed by atoms with van der Waals surface area (Å²) >= 11 is 1.33. The van der Waals surface area contributed by atoms with Gasteiger partial charge < -0.3 is 10.8 Å². The van der Waals surface area contributed by atoms with Crippen LogP contribution in [-0.2, 0) is 11.3 Å². The van der Waals surface area contributed by atoms with Gasteiger partial charge in [-0.15, -0.1) is 11.3 Å². The van der Waals surface area contributed by atoms with E-state index < -0.39 is 5.97 Å². The Morgan fingerprint density at radius 3 is 2.60 bits per heavy atom. The molecule has 0 aliphatic carbocycles. The summed E-state index contributed by atoms with van der Waals surface area (Å²) in [5.74, 6) is -0.672. The van der Waals surface area contributed by atoms with Crippen molar-refractivity contribution in [2.75, 3.05) is 13.1 Å². The molecule has 1 fully saturated rings. The Morgan fingerprint density at radius 1 is 1.45 bits per heavy atom. The standard InChI is InChI=1S/C14H20N2O3S/c1-9-11(7-12(20-9)14(18)19)8-16-4-2-10(3-5-16)6-13(15)17/h7,10H,2-6,8H2,1H3,(H2,15,17)(H,18,19). The third-order valence-corrected chi connectivity index (χ3v) is 4.90. The van der Waals surface area contributed by atoms with Gasteiger partial charge in [-0.2, -0.15) is 0 Å². The van der Waals surface area contributed by atoms with Crippen molar-refractivity contribution in [2.24, 2.45) is 11.7 Å². The molecular weight excluding hydrogens is 276 g/mol. The number of carbonyl (C=O) groups is 2. The number of carbonyl (C=O) groups excluding carboxylic acids is 1. The van der Waals surface area contributed by atoms with Gasteiger partial charge in [-0.3, -0.25) is 9.69 Å². The van der Waals surface area contributed by atoms with Crippen LogP contribution in [0.3, 0.4) is 0 Å². The van der Waals surface area contributed by atoms with Crippen molar-refractivity contribution in [1.82, 2.24) is 4.90 Å². The summed E-state index contributed by atoms with van der Waals surface area (Å²) in [6.45, 7) is 4.64. The predicted molar refractivity (Wildman–Crippen MR) is 77.8 cm³/mol. The van der Waals surface area contributed by atoms with E-state index in [0.717, 1.165) is 42.9 Å². The van der Waals surface area contributed by atoms with Crippen molar-refractivity contribution in [3.8, 4) is 0 Å². The molecule has 5 nitrogen and oxygen atoms in total. The zero-order valence-electron chi connectivity index (χ0n) is 11.6. The van der Waals surface area contributed by atoms with Crippen molar-refractivity contribution >= 4 is 23.2 Å². The van der Waals surface area contributed by atoms with Crippen LogP contribution in [0.2, 0.25) is 0 Å². The Morgan fingerprint density at radius 2 is 2.10 bits per heavy atom. The first-order valence-electron chi connectivity index (χ1n) is 6.79. The number of carboxylic acids is 1. The van der Waals surface area contributed by atoms with E-state index in [1.165, 1.54) is 11.3 Å². The van der Waals surface area contributed by atoms with Crippen molar-refractivity contribution < 1.29 is 14.7 Å². The van der Waals surface area contributed by atoms with Gasteiger partial charge in [-0.1, -0.05) is 0 Å². The average molecular weight is 296 g/mol. The molecule has 0 radical (unpaired) electrons. The number of aromatic carboxylic acids is 1. The highest BCUT2D eigenvalue weighted by Gasteiger charge is 2.22. The Bertz CT molecular complexity index is 505. The molecule has 2 heterocycles. The monoisotopic (exact) mass is 296 g/mol. The third kappa shape index (κ3) is 3.80. The number of hydrogen-bond donors (Lipinski definition) is 2. The van der Waals surface area contributed by atoms with Crippen molar-refractivity contribution in [1.29, 1.82) is 0 Å². The molecule has 0 spiro atoms. The minimum Gasteiger partial charge on any atom is -0.477 e. The fraction of sp³-hybridized carbons (Fsp3) is 0.571. The van der Waals surface area contributed by atoms with Gasteiger partial charge in [0.05, 0.1) is 0 Å². The molecule has 1 saturated heterocycles. The maximum atomic E-state index is 11.0. The molecule has 1 amide bonds. The van der Waals surface area contributed by atoms with E-state index in [2.05, 4.69) is 4.90 Å². The lowest BCUT2D eigenvalue weighted by Gasteiger charge is -2.31. The maximum absolute atomic E-state index is 11.0. The zero-order valence-corrected chi connectivity index (χ0v) is 12.4. The van der Waals surface area contributed by atoms with Crippen LogP contribution in [0.1, 0.15) is 39.4 Å². The van der Waals surface area contributed by atoms with Gasteiger partial charge in [-0.05, 0) is 50.4 Å². The first-order chi connectivity index (χ1) is 9.45. The minimum atomic E-state index is -0.857. The lowest BCUT2D eigenvalue weighted by molar-refractivity contribution is -0.119. The van der Waals surface area contributed by atoms with Crippen molar-refractivity contribution in [3.63, 3.8) is 0 Å². The predicted octanol–water partition coefficient (Wildman–Crippen LogP) is 1.84. The SMILES string of the molecule is Cc1sc(C(=O)O)cc1CN1CCC(CC(N)=O)CC1. The van der Waals surface area contributed by atoms with E-state index in [4.69, 9.17) is 10.8 Å². The number of carboxylic acid groups (broad SMARTS) is 1. The molecular formula is C14H20N2O3S. The number of nitrogens with zero attached hydrogens (tertiary/aromatic N) is 1. The number of aryl methyl sites for hydroxylation is 1. The second-order valence-corrected chi connectivity index (χ2v) is 6.64. The normalized spacial score (nSPS) is 17.2. The van der Waals surface area contributed by atoms with E-state index in [0.29, 0.717) is 17.2 Å². The Kier molecular flexibility index (Phi) is 4.77. The molecule has 0 atom stereocenters. The van der Waals surface area contributed by atoms with Crippen LogP contribution in [0.15, 0.2) is 6.07 Å². The highest BCUT2D eigenvalue weighted by atomic mass is 32.1. The highest BCUT2D eigenvalue weighted by molar-refractivity contribution is 7.14. The lowest BCUT2D eigenvalue weighted by atomic mass is 9.93. The van der Waals surface area contributed by atoms with Gasteiger partial charge in [0.2, 0.25) is 5.91 Å². The Labute approximate surface area is 122 Å². The van der Waals surface area contributed by atoms with Crippen molar-refractivity contribution in [3.05, 3.63) is 21.4 Å². The van der Waals surface area contributed by atoms with Crippen molar-refractivity contribution in [2.45, 2.75) is 32.7 Å². The summed E-state index contributed by atoms with van der Waals surface area (Å²) in [7, 11) is 0. The summed E-state index contributed by atoms with van der Waals surface area (Å²) < 4.78 is 0. The van der Waals surface area contributed by atoms with E-state index in [1.54, 1.807) is 6.07 Å². The first kappa shape index (κ1) is 15.0. The third-order valence-electron chi connectivity index (χ3n) is 3.82. The lowest BCUT2D eigenvalue weighted by Crippen LogP contribution is -2.34. The molecule has 0 saturated carbocycles. The summed E-state index contributed by atoms with van der Waals surface area (Å²) in [4.78, 5) is 25.7. The van der Waals surface area contributed by atoms with Gasteiger partial charge >= 0.3 is 5.97 Å². The van der Waals surface area contributed by atoms with Gasteiger partial charge in [0, 0.05) is 17.8 Å². The molecule has 0 bridgehead atoms. The molecule has 0 unspecified atom stereocenters. The number of nitrogens with two attached hydrogens (primary N) is 1. The minimum absolute atomic E-state index is 0.219. The van der Waals surface area contributed by atoms with E-state index in [-0.39, 0.29) is 5.91 Å². The van der Waals surface area contributed by atoms with Gasteiger partial charge in [0.15, 0.2) is 0 Å². The molecule has 2 rings (SSSR count). The van der Waals surface area contributed by atoms with Crippen LogP contribution in [0.25, 0.3) is 0 Å². The first-order valence-corrected chi connectivity index (χ1v) is 7.60. The molecule has 1 aromatic rings. The fourth-order valence-electron chi connectivity index (χ4n) is 2.66. The van der Waals surface area contributed by atoms with Crippen LogP contribution < -0.4 is 5.73 Å². The smallest absolute Gasteiger partial charge is 0.345 e. The average Bonchev–Trinajstić information content (AvgIpc) is 2.73. The van der Waals surface area contributed by atoms with Gasteiger partial charge in [-0.25, -0.2) is 4.79 Å². The highest BCUT2D eigenvalue weighted by Crippen LogP contribution is 2.26. The molecule has 6 heteroatoms. The molecule has 1 aromatic heterocycles. The van der Waals surface area contributed by atoms with Crippen LogP contribution in [0, 0.1) is 12.8 Å². The largest absolute Gasteiger partial charge is 0.477 e. The van der Waals surface area contributed by atoms with E-state index in [9.17, 15) is 9.59 Å². The molecule has 1 aliphatic heterocycles. The second-order valence-electron chi connectivity index (χ2n) is 5.39. The number of primary amides is 1. The van der Waals surface area contributed by atoms with Gasteiger partial charge in [0.1, 0.15) is 4.88 Å². The number of amides is 1. The fourth-order valence-corrected chi connectivity index (χ4v) is 3.53. The van der Waals surface area contributed by atoms with Gasteiger partial charge in [0.25, 0.3) is 0 Å². The number of piperidine rings is 1. The molecule has 1 aliphatic rings. The van der Waals surface area contributed by atoms with Crippen LogP contribution in [0.5, 0.6) is 0 Å². The molecule has 3 N–H and O–H groups in total. The molecule has 20 heavy (non-hydrogen) atoms. The number of likely N-dealkylation sites (tertiary alicyclic amines) is 1. The molecule has 0 aromatic carbocycles.